The molecule has 136 valence electrons. The molecule has 2 fully saturated rings. The first-order valence-corrected chi connectivity index (χ1v) is 9.36. The van der Waals surface area contributed by atoms with Gasteiger partial charge >= 0.3 is 5.97 Å². The molecule has 0 bridgehead atoms. The van der Waals surface area contributed by atoms with Gasteiger partial charge in [0.2, 0.25) is 0 Å². The molecule has 3 rings (SSSR count). The molecule has 0 atom stereocenters. The number of hydrogen-bond acceptors (Lipinski definition) is 4. The summed E-state index contributed by atoms with van der Waals surface area (Å²) in [5, 5.41) is 6.49. The Balaban J connectivity index is 1.51. The van der Waals surface area contributed by atoms with Gasteiger partial charge in [0.15, 0.2) is 0 Å². The second-order valence-electron chi connectivity index (χ2n) is 7.19. The van der Waals surface area contributed by atoms with Gasteiger partial charge in [-0.1, -0.05) is 12.1 Å². The Morgan fingerprint density at radius 2 is 1.64 bits per heavy atom. The van der Waals surface area contributed by atoms with E-state index in [1.165, 1.54) is 12.7 Å². The average molecular weight is 344 g/mol. The minimum atomic E-state index is -0.127. The van der Waals surface area contributed by atoms with Crippen LogP contribution in [0.5, 0.6) is 0 Å². The molecule has 1 amide bonds. The number of rotatable bonds is 4. The van der Waals surface area contributed by atoms with Crippen molar-refractivity contribution in [2.24, 2.45) is 5.92 Å². The molecular formula is C20H28N2O3. The molecule has 25 heavy (non-hydrogen) atoms. The van der Waals surface area contributed by atoms with Crippen LogP contribution in [0.3, 0.4) is 0 Å². The van der Waals surface area contributed by atoms with E-state index in [0.29, 0.717) is 11.5 Å². The molecule has 1 saturated carbocycles. The second-order valence-corrected chi connectivity index (χ2v) is 7.19. The predicted molar refractivity (Wildman–Crippen MR) is 96.5 cm³/mol. The van der Waals surface area contributed by atoms with E-state index >= 15 is 0 Å². The first-order valence-electron chi connectivity index (χ1n) is 9.36. The monoisotopic (exact) mass is 344 g/mol. The number of carbonyl (C=O) groups is 2. The zero-order valence-electron chi connectivity index (χ0n) is 14.9. The Morgan fingerprint density at radius 3 is 2.24 bits per heavy atom. The summed E-state index contributed by atoms with van der Waals surface area (Å²) < 4.78 is 4.81. The van der Waals surface area contributed by atoms with Crippen LogP contribution in [0.4, 0.5) is 0 Å². The molecule has 1 aliphatic heterocycles. The molecule has 0 aromatic heterocycles. The minimum absolute atomic E-state index is 0.0116. The molecule has 1 aromatic carbocycles. The normalized spacial score (nSPS) is 24.5. The lowest BCUT2D eigenvalue weighted by Crippen LogP contribution is -2.38. The van der Waals surface area contributed by atoms with Crippen molar-refractivity contribution in [3.05, 3.63) is 35.4 Å². The molecule has 0 unspecified atom stereocenters. The van der Waals surface area contributed by atoms with E-state index in [0.717, 1.165) is 51.6 Å². The summed E-state index contributed by atoms with van der Waals surface area (Å²) in [5.74, 6) is 0.450. The van der Waals surface area contributed by atoms with Crippen molar-refractivity contribution in [1.29, 1.82) is 0 Å². The number of benzene rings is 1. The highest BCUT2D eigenvalue weighted by atomic mass is 16.5. The quantitative estimate of drug-likeness (QED) is 0.824. The SMILES string of the molecule is COC(=O)C1CCC(NC(=O)c2ccc(C3CCNCC3)cc2)CC1. The topological polar surface area (TPSA) is 67.4 Å². The lowest BCUT2D eigenvalue weighted by molar-refractivity contribution is -0.146. The number of esters is 1. The van der Waals surface area contributed by atoms with Crippen LogP contribution >= 0.6 is 0 Å². The van der Waals surface area contributed by atoms with Gasteiger partial charge in [-0.25, -0.2) is 0 Å². The van der Waals surface area contributed by atoms with Crippen molar-refractivity contribution < 1.29 is 14.3 Å². The fraction of sp³-hybridized carbons (Fsp3) is 0.600. The molecule has 1 aromatic rings. The maximum Gasteiger partial charge on any atom is 0.308 e. The number of piperidine rings is 1. The van der Waals surface area contributed by atoms with Gasteiger partial charge < -0.3 is 15.4 Å². The summed E-state index contributed by atoms with van der Waals surface area (Å²) in [4.78, 5) is 24.0. The zero-order valence-corrected chi connectivity index (χ0v) is 14.9. The summed E-state index contributed by atoms with van der Waals surface area (Å²) in [6.07, 6.45) is 5.56. The standard InChI is InChI=1S/C20H28N2O3/c1-25-20(24)17-6-8-18(9-7-17)22-19(23)16-4-2-14(3-5-16)15-10-12-21-13-11-15/h2-5,15,17-18,21H,6-13H2,1H3,(H,22,23). The molecule has 1 heterocycles. The Hall–Kier alpha value is -1.88. The van der Waals surface area contributed by atoms with Crippen molar-refractivity contribution in [2.75, 3.05) is 20.2 Å². The maximum absolute atomic E-state index is 12.5. The molecule has 1 aliphatic carbocycles. The first-order chi connectivity index (χ1) is 12.2. The lowest BCUT2D eigenvalue weighted by atomic mass is 9.86. The van der Waals surface area contributed by atoms with Gasteiger partial charge in [-0.3, -0.25) is 9.59 Å². The number of hydrogen-bond donors (Lipinski definition) is 2. The Kier molecular flexibility index (Phi) is 6.08. The number of carbonyl (C=O) groups excluding carboxylic acids is 2. The number of methoxy groups -OCH3 is 1. The van der Waals surface area contributed by atoms with Crippen molar-refractivity contribution in [3.8, 4) is 0 Å². The Morgan fingerprint density at radius 1 is 1.00 bits per heavy atom. The first kappa shape index (κ1) is 17.9. The van der Waals surface area contributed by atoms with Crippen LogP contribution in [0.1, 0.15) is 60.4 Å². The predicted octanol–water partition coefficient (Wildman–Crippen LogP) is 2.62. The van der Waals surface area contributed by atoms with Crippen molar-refractivity contribution in [3.63, 3.8) is 0 Å². The minimum Gasteiger partial charge on any atom is -0.469 e. The smallest absolute Gasteiger partial charge is 0.308 e. The highest BCUT2D eigenvalue weighted by molar-refractivity contribution is 5.94. The van der Waals surface area contributed by atoms with E-state index < -0.39 is 0 Å². The third kappa shape index (κ3) is 4.60. The van der Waals surface area contributed by atoms with E-state index in [4.69, 9.17) is 4.74 Å². The molecule has 2 N–H and O–H groups in total. The largest absolute Gasteiger partial charge is 0.469 e. The molecule has 5 nitrogen and oxygen atoms in total. The van der Waals surface area contributed by atoms with Crippen LogP contribution in [0.2, 0.25) is 0 Å². The average Bonchev–Trinajstić information content (AvgIpc) is 2.68. The highest BCUT2D eigenvalue weighted by Crippen LogP contribution is 2.27. The lowest BCUT2D eigenvalue weighted by Gasteiger charge is -2.27. The van der Waals surface area contributed by atoms with Gasteiger partial charge in [0.05, 0.1) is 13.0 Å². The van der Waals surface area contributed by atoms with Crippen molar-refractivity contribution >= 4 is 11.9 Å². The van der Waals surface area contributed by atoms with Crippen LogP contribution in [0.15, 0.2) is 24.3 Å². The summed E-state index contributed by atoms with van der Waals surface area (Å²) >= 11 is 0. The Labute approximate surface area is 149 Å². The molecule has 0 spiro atoms. The molecule has 0 radical (unpaired) electrons. The number of amides is 1. The zero-order chi connectivity index (χ0) is 17.6. The summed E-state index contributed by atoms with van der Waals surface area (Å²) in [7, 11) is 1.43. The van der Waals surface area contributed by atoms with Gasteiger partial charge in [0, 0.05) is 11.6 Å². The van der Waals surface area contributed by atoms with Crippen LogP contribution in [-0.2, 0) is 9.53 Å². The molecule has 2 aliphatic rings. The van der Waals surface area contributed by atoms with Crippen LogP contribution in [-0.4, -0.2) is 38.1 Å². The second kappa shape index (κ2) is 8.48. The number of ether oxygens (including phenoxy) is 1. The van der Waals surface area contributed by atoms with Crippen molar-refractivity contribution in [2.45, 2.75) is 50.5 Å². The van der Waals surface area contributed by atoms with Gasteiger partial charge in [-0.15, -0.1) is 0 Å². The molecular weight excluding hydrogens is 316 g/mol. The van der Waals surface area contributed by atoms with Gasteiger partial charge in [-0.05, 0) is 75.2 Å². The third-order valence-corrected chi connectivity index (χ3v) is 5.58. The fourth-order valence-corrected chi connectivity index (χ4v) is 3.97. The summed E-state index contributed by atoms with van der Waals surface area (Å²) in [5.41, 5.74) is 2.05. The fourth-order valence-electron chi connectivity index (χ4n) is 3.97. The van der Waals surface area contributed by atoms with E-state index in [1.54, 1.807) is 0 Å². The maximum atomic E-state index is 12.5. The van der Waals surface area contributed by atoms with Crippen LogP contribution < -0.4 is 10.6 Å². The van der Waals surface area contributed by atoms with Crippen LogP contribution in [0.25, 0.3) is 0 Å². The third-order valence-electron chi connectivity index (χ3n) is 5.58. The van der Waals surface area contributed by atoms with Crippen molar-refractivity contribution in [1.82, 2.24) is 10.6 Å². The van der Waals surface area contributed by atoms with E-state index in [9.17, 15) is 9.59 Å². The van der Waals surface area contributed by atoms with Crippen LogP contribution in [0, 0.1) is 5.92 Å². The van der Waals surface area contributed by atoms with E-state index in [2.05, 4.69) is 22.8 Å². The Bertz CT molecular complexity index is 585. The molecule has 5 heteroatoms. The van der Waals surface area contributed by atoms with E-state index in [1.807, 2.05) is 12.1 Å². The van der Waals surface area contributed by atoms with Gasteiger partial charge in [0.1, 0.15) is 0 Å². The summed E-state index contributed by atoms with van der Waals surface area (Å²) in [6, 6.07) is 8.22. The number of nitrogens with one attached hydrogen (secondary N) is 2. The van der Waals surface area contributed by atoms with E-state index in [-0.39, 0.29) is 23.8 Å². The molecule has 1 saturated heterocycles. The summed E-state index contributed by atoms with van der Waals surface area (Å²) in [6.45, 7) is 2.14. The highest BCUT2D eigenvalue weighted by Gasteiger charge is 2.27. The van der Waals surface area contributed by atoms with Gasteiger partial charge in [0.25, 0.3) is 5.91 Å². The van der Waals surface area contributed by atoms with Gasteiger partial charge in [-0.2, -0.15) is 0 Å².